The summed E-state index contributed by atoms with van der Waals surface area (Å²) in [5.74, 6) is -0.262. The van der Waals surface area contributed by atoms with Crippen LogP contribution in [0.5, 0.6) is 0 Å². The molecule has 0 spiro atoms. The average molecular weight is 272 g/mol. The highest BCUT2D eigenvalue weighted by atomic mass is 16.5. The maximum Gasteiger partial charge on any atom is 0.270 e. The van der Waals surface area contributed by atoms with Crippen LogP contribution in [-0.2, 0) is 4.74 Å². The summed E-state index contributed by atoms with van der Waals surface area (Å²) in [6.45, 7) is 0.809. The van der Waals surface area contributed by atoms with Crippen LogP contribution in [0.1, 0.15) is 16.9 Å². The van der Waals surface area contributed by atoms with Gasteiger partial charge in [-0.05, 0) is 18.6 Å². The van der Waals surface area contributed by atoms with Crippen molar-refractivity contribution in [1.82, 2.24) is 10.3 Å². The van der Waals surface area contributed by atoms with E-state index in [4.69, 9.17) is 4.74 Å². The molecule has 5 nitrogen and oxygen atoms in total. The van der Waals surface area contributed by atoms with Crippen LogP contribution in [0.15, 0.2) is 36.4 Å². The third-order valence-corrected chi connectivity index (χ3v) is 3.47. The highest BCUT2D eigenvalue weighted by Crippen LogP contribution is 2.13. The molecule has 0 bridgehead atoms. The number of aliphatic hydroxyl groups is 1. The second-order valence-electron chi connectivity index (χ2n) is 4.90. The van der Waals surface area contributed by atoms with Gasteiger partial charge in [0.15, 0.2) is 0 Å². The molecule has 0 unspecified atom stereocenters. The third kappa shape index (κ3) is 2.64. The predicted octanol–water partition coefficient (Wildman–Crippen LogP) is 1.11. The van der Waals surface area contributed by atoms with Gasteiger partial charge >= 0.3 is 0 Å². The molecule has 0 saturated carbocycles. The minimum atomic E-state index is -0.659. The molecule has 3 rings (SSSR count). The summed E-state index contributed by atoms with van der Waals surface area (Å²) in [7, 11) is 0. The summed E-state index contributed by atoms with van der Waals surface area (Å²) in [4.78, 5) is 16.5. The molecule has 1 fully saturated rings. The van der Waals surface area contributed by atoms with Gasteiger partial charge < -0.3 is 15.2 Å². The molecule has 104 valence electrons. The molecule has 2 atom stereocenters. The van der Waals surface area contributed by atoms with Crippen LogP contribution < -0.4 is 5.32 Å². The fourth-order valence-electron chi connectivity index (χ4n) is 2.33. The number of hydrogen-bond acceptors (Lipinski definition) is 4. The maximum absolute atomic E-state index is 12.2. The topological polar surface area (TPSA) is 71.5 Å². The molecule has 1 saturated heterocycles. The van der Waals surface area contributed by atoms with Crippen LogP contribution in [0.25, 0.3) is 10.9 Å². The third-order valence-electron chi connectivity index (χ3n) is 3.47. The molecule has 2 N–H and O–H groups in total. The minimum Gasteiger partial charge on any atom is -0.389 e. The van der Waals surface area contributed by atoms with Gasteiger partial charge in [-0.3, -0.25) is 4.79 Å². The lowest BCUT2D eigenvalue weighted by Gasteiger charge is -2.28. The first-order valence-electron chi connectivity index (χ1n) is 6.66. The van der Waals surface area contributed by atoms with Crippen molar-refractivity contribution >= 4 is 16.8 Å². The van der Waals surface area contributed by atoms with Crippen LogP contribution in [0.4, 0.5) is 0 Å². The van der Waals surface area contributed by atoms with Gasteiger partial charge in [-0.2, -0.15) is 0 Å². The van der Waals surface area contributed by atoms with Crippen LogP contribution in [-0.4, -0.2) is 41.4 Å². The van der Waals surface area contributed by atoms with E-state index in [0.717, 1.165) is 10.9 Å². The molecule has 0 radical (unpaired) electrons. The Morgan fingerprint density at radius 1 is 1.30 bits per heavy atom. The Balaban J connectivity index is 1.78. The zero-order valence-electron chi connectivity index (χ0n) is 11.0. The van der Waals surface area contributed by atoms with Crippen LogP contribution in [0.2, 0.25) is 0 Å². The number of pyridine rings is 1. The molecular weight excluding hydrogens is 256 g/mol. The summed E-state index contributed by atoms with van der Waals surface area (Å²) < 4.78 is 5.14. The average Bonchev–Trinajstić information content (AvgIpc) is 2.49. The van der Waals surface area contributed by atoms with E-state index in [1.807, 2.05) is 30.3 Å². The Hall–Kier alpha value is -1.98. The van der Waals surface area contributed by atoms with Crippen molar-refractivity contribution in [3.05, 3.63) is 42.1 Å². The molecule has 5 heteroatoms. The summed E-state index contributed by atoms with van der Waals surface area (Å²) >= 11 is 0. The van der Waals surface area contributed by atoms with Gasteiger partial charge in [0, 0.05) is 12.0 Å². The number of aliphatic hydroxyl groups excluding tert-OH is 1. The number of ether oxygens (including phenoxy) is 1. The zero-order valence-corrected chi connectivity index (χ0v) is 11.0. The number of carbonyl (C=O) groups excluding carboxylic acids is 1. The predicted molar refractivity (Wildman–Crippen MR) is 74.4 cm³/mol. The number of fused-ring (bicyclic) bond motifs is 1. The SMILES string of the molecule is O=C(N[C@@H]1CCOC[C@H]1O)c1ccc2ccccc2n1. The first-order chi connectivity index (χ1) is 9.74. The number of amides is 1. The van der Waals surface area contributed by atoms with Crippen molar-refractivity contribution in [2.75, 3.05) is 13.2 Å². The second kappa shape index (κ2) is 5.56. The van der Waals surface area contributed by atoms with Crippen molar-refractivity contribution in [3.63, 3.8) is 0 Å². The van der Waals surface area contributed by atoms with Gasteiger partial charge in [-0.25, -0.2) is 4.98 Å². The quantitative estimate of drug-likeness (QED) is 0.859. The molecule has 2 heterocycles. The van der Waals surface area contributed by atoms with Gasteiger partial charge in [-0.15, -0.1) is 0 Å². The van der Waals surface area contributed by atoms with E-state index in [9.17, 15) is 9.90 Å². The second-order valence-corrected chi connectivity index (χ2v) is 4.90. The molecule has 0 aliphatic carbocycles. The summed E-state index contributed by atoms with van der Waals surface area (Å²) in [5.41, 5.74) is 1.15. The molecule has 2 aromatic rings. The number of para-hydroxylation sites is 1. The zero-order chi connectivity index (χ0) is 13.9. The van der Waals surface area contributed by atoms with E-state index in [0.29, 0.717) is 18.7 Å². The number of rotatable bonds is 2. The normalized spacial score (nSPS) is 22.6. The fourth-order valence-corrected chi connectivity index (χ4v) is 2.33. The van der Waals surface area contributed by atoms with Gasteiger partial charge in [0.2, 0.25) is 0 Å². The van der Waals surface area contributed by atoms with Crippen molar-refractivity contribution in [2.45, 2.75) is 18.6 Å². The van der Waals surface area contributed by atoms with E-state index >= 15 is 0 Å². The first kappa shape index (κ1) is 13.0. The van der Waals surface area contributed by atoms with Crippen LogP contribution >= 0.6 is 0 Å². The lowest BCUT2D eigenvalue weighted by Crippen LogP contribution is -2.48. The number of carbonyl (C=O) groups is 1. The molecule has 1 aromatic carbocycles. The number of nitrogens with one attached hydrogen (secondary N) is 1. The molecule has 1 aliphatic heterocycles. The largest absolute Gasteiger partial charge is 0.389 e. The summed E-state index contributed by atoms with van der Waals surface area (Å²) in [6, 6.07) is 10.9. The Morgan fingerprint density at radius 3 is 3.00 bits per heavy atom. The Labute approximate surface area is 116 Å². The van der Waals surface area contributed by atoms with E-state index in [2.05, 4.69) is 10.3 Å². The molecule has 1 amide bonds. The van der Waals surface area contributed by atoms with Gasteiger partial charge in [0.1, 0.15) is 5.69 Å². The summed E-state index contributed by atoms with van der Waals surface area (Å²) in [6.07, 6.45) is -0.0475. The number of benzene rings is 1. The van der Waals surface area contributed by atoms with Gasteiger partial charge in [0.05, 0.1) is 24.3 Å². The Morgan fingerprint density at radius 2 is 2.15 bits per heavy atom. The van der Waals surface area contributed by atoms with Crippen molar-refractivity contribution in [1.29, 1.82) is 0 Å². The molecule has 1 aliphatic rings. The monoisotopic (exact) mass is 272 g/mol. The Kier molecular flexibility index (Phi) is 3.62. The maximum atomic E-state index is 12.2. The first-order valence-corrected chi connectivity index (χ1v) is 6.66. The van der Waals surface area contributed by atoms with Crippen LogP contribution in [0, 0.1) is 0 Å². The van der Waals surface area contributed by atoms with E-state index in [-0.39, 0.29) is 18.6 Å². The highest BCUT2D eigenvalue weighted by Gasteiger charge is 2.25. The van der Waals surface area contributed by atoms with Crippen molar-refractivity contribution in [3.8, 4) is 0 Å². The number of hydrogen-bond donors (Lipinski definition) is 2. The minimum absolute atomic E-state index is 0.260. The smallest absolute Gasteiger partial charge is 0.270 e. The lowest BCUT2D eigenvalue weighted by molar-refractivity contribution is -0.0261. The molecule has 1 aromatic heterocycles. The van der Waals surface area contributed by atoms with Crippen LogP contribution in [0.3, 0.4) is 0 Å². The fraction of sp³-hybridized carbons (Fsp3) is 0.333. The highest BCUT2D eigenvalue weighted by molar-refractivity contribution is 5.95. The lowest BCUT2D eigenvalue weighted by atomic mass is 10.1. The van der Waals surface area contributed by atoms with Gasteiger partial charge in [0.25, 0.3) is 5.91 Å². The molecular formula is C15H16N2O3. The number of nitrogens with zero attached hydrogens (tertiary/aromatic N) is 1. The molecule has 20 heavy (non-hydrogen) atoms. The summed E-state index contributed by atoms with van der Waals surface area (Å²) in [5, 5.41) is 13.6. The van der Waals surface area contributed by atoms with E-state index in [1.54, 1.807) is 6.07 Å². The standard InChI is InChI=1S/C15H16N2O3/c18-14-9-20-8-7-12(14)17-15(19)13-6-5-10-3-1-2-4-11(10)16-13/h1-6,12,14,18H,7-9H2,(H,17,19)/t12-,14-/m1/s1. The Bertz CT molecular complexity index is 629. The van der Waals surface area contributed by atoms with Crippen molar-refractivity contribution < 1.29 is 14.6 Å². The van der Waals surface area contributed by atoms with Gasteiger partial charge in [-0.1, -0.05) is 24.3 Å². The van der Waals surface area contributed by atoms with E-state index < -0.39 is 6.10 Å². The number of aromatic nitrogens is 1. The van der Waals surface area contributed by atoms with Crippen molar-refractivity contribution in [2.24, 2.45) is 0 Å². The van der Waals surface area contributed by atoms with E-state index in [1.165, 1.54) is 0 Å².